The minimum atomic E-state index is -0.0949. The van der Waals surface area contributed by atoms with Crippen molar-refractivity contribution in [1.82, 2.24) is 0 Å². The van der Waals surface area contributed by atoms with Crippen molar-refractivity contribution in [1.29, 1.82) is 0 Å². The molecule has 0 amide bonds. The number of hydrogen-bond donors (Lipinski definition) is 1. The molecule has 1 N–H and O–H groups in total. The van der Waals surface area contributed by atoms with Crippen molar-refractivity contribution in [3.63, 3.8) is 0 Å². The summed E-state index contributed by atoms with van der Waals surface area (Å²) in [5, 5.41) is 8.51. The predicted molar refractivity (Wildman–Crippen MR) is 52.5 cm³/mol. The van der Waals surface area contributed by atoms with Gasteiger partial charge in [0.15, 0.2) is 6.29 Å². The lowest BCUT2D eigenvalue weighted by molar-refractivity contribution is -0.105. The van der Waals surface area contributed by atoms with E-state index < -0.39 is 0 Å². The number of allylic oxidation sites excluding steroid dienone is 2. The summed E-state index contributed by atoms with van der Waals surface area (Å²) in [7, 11) is 3.29. The number of ether oxygens (including phenoxy) is 2. The minimum absolute atomic E-state index is 0.0949. The first kappa shape index (κ1) is 12.6. The molecule has 0 atom stereocenters. The molecular weight excluding hydrogens is 168 g/mol. The minimum Gasteiger partial charge on any atom is -0.396 e. The summed E-state index contributed by atoms with van der Waals surface area (Å²) in [5.41, 5.74) is 0. The number of rotatable bonds is 8. The molecule has 0 saturated carbocycles. The van der Waals surface area contributed by atoms with Crippen molar-refractivity contribution in [3.8, 4) is 0 Å². The van der Waals surface area contributed by atoms with Crippen LogP contribution in [0, 0.1) is 0 Å². The molecule has 0 aliphatic heterocycles. The molecule has 3 heteroatoms. The van der Waals surface area contributed by atoms with Gasteiger partial charge in [0.25, 0.3) is 0 Å². The summed E-state index contributed by atoms with van der Waals surface area (Å²) in [4.78, 5) is 0. The highest BCUT2D eigenvalue weighted by molar-refractivity contribution is 4.81. The van der Waals surface area contributed by atoms with Crippen LogP contribution in [0.3, 0.4) is 0 Å². The third-order valence-corrected chi connectivity index (χ3v) is 1.79. The molecule has 0 aromatic rings. The maximum absolute atomic E-state index is 8.51. The zero-order valence-corrected chi connectivity index (χ0v) is 8.53. The molecule has 0 unspecified atom stereocenters. The number of unbranched alkanes of at least 4 members (excludes halogenated alkanes) is 1. The first-order chi connectivity index (χ1) is 6.35. The third kappa shape index (κ3) is 7.96. The fourth-order valence-electron chi connectivity index (χ4n) is 1.01. The molecule has 0 aromatic heterocycles. The summed E-state index contributed by atoms with van der Waals surface area (Å²) in [6.07, 6.45) is 7.71. The van der Waals surface area contributed by atoms with E-state index in [4.69, 9.17) is 14.6 Å². The molecule has 0 aromatic carbocycles. The lowest BCUT2D eigenvalue weighted by Gasteiger charge is -2.10. The van der Waals surface area contributed by atoms with Crippen LogP contribution >= 0.6 is 0 Å². The van der Waals surface area contributed by atoms with Crippen molar-refractivity contribution in [3.05, 3.63) is 12.2 Å². The molecule has 13 heavy (non-hydrogen) atoms. The zero-order chi connectivity index (χ0) is 9.94. The normalized spacial score (nSPS) is 11.7. The largest absolute Gasteiger partial charge is 0.396 e. The van der Waals surface area contributed by atoms with Crippen molar-refractivity contribution < 1.29 is 14.6 Å². The maximum Gasteiger partial charge on any atom is 0.157 e. The van der Waals surface area contributed by atoms with Crippen LogP contribution in [0.2, 0.25) is 0 Å². The Labute approximate surface area is 80.4 Å². The molecule has 0 aliphatic rings. The van der Waals surface area contributed by atoms with E-state index in [0.717, 1.165) is 25.7 Å². The Morgan fingerprint density at radius 2 is 1.77 bits per heavy atom. The van der Waals surface area contributed by atoms with Gasteiger partial charge in [-0.25, -0.2) is 0 Å². The van der Waals surface area contributed by atoms with Gasteiger partial charge < -0.3 is 14.6 Å². The Morgan fingerprint density at radius 3 is 2.31 bits per heavy atom. The molecule has 0 heterocycles. The van der Waals surface area contributed by atoms with E-state index in [1.807, 2.05) is 0 Å². The van der Waals surface area contributed by atoms with Crippen LogP contribution in [0.15, 0.2) is 12.2 Å². The average molecular weight is 188 g/mol. The van der Waals surface area contributed by atoms with Gasteiger partial charge in [0, 0.05) is 27.2 Å². The van der Waals surface area contributed by atoms with E-state index in [2.05, 4.69) is 12.2 Å². The molecule has 0 fully saturated rings. The summed E-state index contributed by atoms with van der Waals surface area (Å²) in [6.45, 7) is 0.267. The maximum atomic E-state index is 8.51. The van der Waals surface area contributed by atoms with Gasteiger partial charge in [-0.2, -0.15) is 0 Å². The second-order valence-electron chi connectivity index (χ2n) is 2.82. The molecule has 0 bridgehead atoms. The third-order valence-electron chi connectivity index (χ3n) is 1.79. The smallest absolute Gasteiger partial charge is 0.157 e. The van der Waals surface area contributed by atoms with Crippen LogP contribution in [0.1, 0.15) is 25.7 Å². The van der Waals surface area contributed by atoms with Crippen molar-refractivity contribution in [2.45, 2.75) is 32.0 Å². The van der Waals surface area contributed by atoms with Crippen molar-refractivity contribution in [2.75, 3.05) is 20.8 Å². The predicted octanol–water partition coefficient (Wildman–Crippen LogP) is 1.71. The number of hydrogen-bond acceptors (Lipinski definition) is 3. The molecule has 0 radical (unpaired) electrons. The quantitative estimate of drug-likeness (QED) is 0.358. The Hall–Kier alpha value is -0.380. The van der Waals surface area contributed by atoms with Crippen molar-refractivity contribution in [2.24, 2.45) is 0 Å². The highest BCUT2D eigenvalue weighted by Crippen LogP contribution is 2.03. The highest BCUT2D eigenvalue weighted by Gasteiger charge is 2.01. The summed E-state index contributed by atoms with van der Waals surface area (Å²) in [6, 6.07) is 0. The molecule has 78 valence electrons. The van der Waals surface area contributed by atoms with E-state index in [1.165, 1.54) is 0 Å². The molecule has 0 saturated heterocycles. The summed E-state index contributed by atoms with van der Waals surface area (Å²) in [5.74, 6) is 0. The second kappa shape index (κ2) is 9.71. The molecule has 3 nitrogen and oxygen atoms in total. The SMILES string of the molecule is COC(CCC=CCCCO)OC. The van der Waals surface area contributed by atoms with Gasteiger partial charge in [0.1, 0.15) is 0 Å². The van der Waals surface area contributed by atoms with Crippen LogP contribution in [0.25, 0.3) is 0 Å². The van der Waals surface area contributed by atoms with Gasteiger partial charge in [0.05, 0.1) is 0 Å². The van der Waals surface area contributed by atoms with E-state index in [0.29, 0.717) is 0 Å². The Kier molecular flexibility index (Phi) is 9.42. The second-order valence-corrected chi connectivity index (χ2v) is 2.82. The average Bonchev–Trinajstić information content (AvgIpc) is 2.17. The molecule has 0 aliphatic carbocycles. The summed E-state index contributed by atoms with van der Waals surface area (Å²) >= 11 is 0. The zero-order valence-electron chi connectivity index (χ0n) is 8.53. The first-order valence-corrected chi connectivity index (χ1v) is 4.66. The molecule has 0 rings (SSSR count). The van der Waals surface area contributed by atoms with E-state index in [9.17, 15) is 0 Å². The lowest BCUT2D eigenvalue weighted by Crippen LogP contribution is -2.11. The Bertz CT molecular complexity index is 119. The lowest BCUT2D eigenvalue weighted by atomic mass is 10.2. The number of aliphatic hydroxyl groups is 1. The van der Waals surface area contributed by atoms with E-state index >= 15 is 0 Å². The number of methoxy groups -OCH3 is 2. The standard InChI is InChI=1S/C10H20O3/c1-12-10(13-2)8-6-4-3-5-7-9-11/h3-4,10-11H,5-9H2,1-2H3. The van der Waals surface area contributed by atoms with Crippen molar-refractivity contribution >= 4 is 0 Å². The van der Waals surface area contributed by atoms with Gasteiger partial charge in [0.2, 0.25) is 0 Å². The monoisotopic (exact) mass is 188 g/mol. The first-order valence-electron chi connectivity index (χ1n) is 4.66. The fraction of sp³-hybridized carbons (Fsp3) is 0.800. The van der Waals surface area contributed by atoms with Crippen LogP contribution in [-0.4, -0.2) is 32.2 Å². The van der Waals surface area contributed by atoms with Gasteiger partial charge in [-0.1, -0.05) is 12.2 Å². The van der Waals surface area contributed by atoms with Crippen LogP contribution in [0.5, 0.6) is 0 Å². The van der Waals surface area contributed by atoms with E-state index in [-0.39, 0.29) is 12.9 Å². The Balaban J connectivity index is 3.26. The molecular formula is C10H20O3. The van der Waals surface area contributed by atoms with Gasteiger partial charge in [-0.05, 0) is 19.3 Å². The van der Waals surface area contributed by atoms with Crippen LogP contribution < -0.4 is 0 Å². The van der Waals surface area contributed by atoms with Crippen LogP contribution in [0.4, 0.5) is 0 Å². The number of aliphatic hydroxyl groups excluding tert-OH is 1. The van der Waals surface area contributed by atoms with Gasteiger partial charge in [-0.15, -0.1) is 0 Å². The van der Waals surface area contributed by atoms with Gasteiger partial charge in [-0.3, -0.25) is 0 Å². The fourth-order valence-corrected chi connectivity index (χ4v) is 1.01. The highest BCUT2D eigenvalue weighted by atomic mass is 16.7. The van der Waals surface area contributed by atoms with Gasteiger partial charge >= 0.3 is 0 Å². The topological polar surface area (TPSA) is 38.7 Å². The Morgan fingerprint density at radius 1 is 1.15 bits per heavy atom. The molecule has 0 spiro atoms. The van der Waals surface area contributed by atoms with E-state index in [1.54, 1.807) is 14.2 Å². The van der Waals surface area contributed by atoms with Crippen LogP contribution in [-0.2, 0) is 9.47 Å². The summed E-state index contributed by atoms with van der Waals surface area (Å²) < 4.78 is 10.1.